The molecule has 4 rings (SSSR count). The summed E-state index contributed by atoms with van der Waals surface area (Å²) in [5, 5.41) is 26.8. The van der Waals surface area contributed by atoms with E-state index in [4.69, 9.17) is 10.5 Å². The van der Waals surface area contributed by atoms with Crippen molar-refractivity contribution in [2.75, 3.05) is 0 Å². The molecule has 1 aromatic rings. The first-order chi connectivity index (χ1) is 20.9. The van der Waals surface area contributed by atoms with Gasteiger partial charge in [0.1, 0.15) is 0 Å². The molecule has 1 aromatic carbocycles. The Morgan fingerprint density at radius 3 is 1.91 bits per heavy atom. The van der Waals surface area contributed by atoms with Gasteiger partial charge in [0.05, 0.1) is 35.6 Å². The molecule has 0 aromatic heterocycles. The average Bonchev–Trinajstić information content (AvgIpc) is 3.03. The van der Waals surface area contributed by atoms with Gasteiger partial charge in [-0.2, -0.15) is 15.8 Å². The molecule has 0 N–H and O–H groups in total. The van der Waals surface area contributed by atoms with Gasteiger partial charge < -0.3 is 0 Å². The molecule has 3 nitrogen and oxygen atoms in total. The molecule has 0 radical (unpaired) electrons. The van der Waals surface area contributed by atoms with Crippen molar-refractivity contribution in [2.24, 2.45) is 23.7 Å². The first-order valence-electron chi connectivity index (χ1n) is 17.2. The van der Waals surface area contributed by atoms with Crippen LogP contribution in [0.4, 0.5) is 0 Å². The van der Waals surface area contributed by atoms with E-state index in [2.05, 4.69) is 58.1 Å². The first-order valence-corrected chi connectivity index (χ1v) is 17.2. The summed E-state index contributed by atoms with van der Waals surface area (Å²) in [7, 11) is 0. The minimum atomic E-state index is 0.295. The van der Waals surface area contributed by atoms with Crippen molar-refractivity contribution in [3.63, 3.8) is 0 Å². The van der Waals surface area contributed by atoms with Gasteiger partial charge in [0.2, 0.25) is 0 Å². The highest BCUT2D eigenvalue weighted by Gasteiger charge is 2.15. The van der Waals surface area contributed by atoms with Crippen LogP contribution in [0.1, 0.15) is 142 Å². The highest BCUT2D eigenvalue weighted by Crippen LogP contribution is 2.30. The van der Waals surface area contributed by atoms with Gasteiger partial charge in [0.15, 0.2) is 0 Å². The Bertz CT molecular complexity index is 1140. The third-order valence-electron chi connectivity index (χ3n) is 8.87. The van der Waals surface area contributed by atoms with E-state index in [-0.39, 0.29) is 0 Å². The molecular formula is C40H57N3. The maximum Gasteiger partial charge on any atom is 0.0997 e. The zero-order valence-electron chi connectivity index (χ0n) is 27.7. The van der Waals surface area contributed by atoms with E-state index in [1.54, 1.807) is 5.57 Å². The van der Waals surface area contributed by atoms with Crippen molar-refractivity contribution in [2.45, 2.75) is 137 Å². The molecule has 43 heavy (non-hydrogen) atoms. The van der Waals surface area contributed by atoms with Crippen LogP contribution in [0.5, 0.6) is 0 Å². The van der Waals surface area contributed by atoms with E-state index >= 15 is 0 Å². The van der Waals surface area contributed by atoms with E-state index in [9.17, 15) is 5.26 Å². The Morgan fingerprint density at radius 1 is 0.744 bits per heavy atom. The number of rotatable bonds is 9. The summed E-state index contributed by atoms with van der Waals surface area (Å²) in [6.45, 7) is 9.10. The number of hydrogen-bond donors (Lipinski definition) is 0. The van der Waals surface area contributed by atoms with Gasteiger partial charge in [0.25, 0.3) is 0 Å². The number of benzene rings is 1. The Labute approximate surface area is 264 Å². The summed E-state index contributed by atoms with van der Waals surface area (Å²) in [6.07, 6.45) is 24.9. The van der Waals surface area contributed by atoms with Crippen LogP contribution in [-0.4, -0.2) is 0 Å². The lowest BCUT2D eigenvalue weighted by Crippen LogP contribution is -2.04. The molecule has 3 aliphatic rings. The predicted octanol–water partition coefficient (Wildman–Crippen LogP) is 12.1. The lowest BCUT2D eigenvalue weighted by molar-refractivity contribution is 0.521. The number of hydrogen-bond acceptors (Lipinski definition) is 3. The van der Waals surface area contributed by atoms with Crippen molar-refractivity contribution in [1.29, 1.82) is 15.8 Å². The molecule has 0 aliphatic heterocycles. The fourth-order valence-electron chi connectivity index (χ4n) is 6.19. The zero-order valence-corrected chi connectivity index (χ0v) is 27.7. The summed E-state index contributed by atoms with van der Waals surface area (Å²) in [5.41, 5.74) is 6.47. The maximum atomic E-state index is 9.22. The van der Waals surface area contributed by atoms with Crippen molar-refractivity contribution >= 4 is 5.57 Å². The molecular weight excluding hydrogens is 522 g/mol. The maximum absolute atomic E-state index is 9.22. The summed E-state index contributed by atoms with van der Waals surface area (Å²) >= 11 is 0. The Hall–Kier alpha value is -3.09. The largest absolute Gasteiger partial charge is 0.198 e. The summed E-state index contributed by atoms with van der Waals surface area (Å²) < 4.78 is 0. The minimum Gasteiger partial charge on any atom is -0.198 e. The van der Waals surface area contributed by atoms with Crippen LogP contribution < -0.4 is 0 Å². The van der Waals surface area contributed by atoms with Crippen LogP contribution in [0.2, 0.25) is 0 Å². The van der Waals surface area contributed by atoms with E-state index < -0.39 is 0 Å². The standard InChI is InChI=1S/C14H15N.2C13H21N/c15-11-14(12-7-3-1-4-8-12)13-9-5-2-6-10-13;1-11(2)5-3-6-12-7-4-8-13(9-12)10-14;1-11(2)4-3-5-12-6-8-13(10-14)9-7-12/h1,3-4,7-8H,2,5-6,9-10H2;7,11,13H,3-6,8-9H2,1-2H3;6,11,13H,3-5,7-9H2,1-2H3. The summed E-state index contributed by atoms with van der Waals surface area (Å²) in [6, 6.07) is 17.2. The van der Waals surface area contributed by atoms with E-state index in [1.807, 2.05) is 30.3 Å². The van der Waals surface area contributed by atoms with Gasteiger partial charge in [-0.05, 0) is 107 Å². The molecule has 2 atom stereocenters. The molecule has 0 heterocycles. The van der Waals surface area contributed by atoms with Crippen LogP contribution in [0, 0.1) is 57.7 Å². The highest BCUT2D eigenvalue weighted by molar-refractivity contribution is 5.79. The third kappa shape index (κ3) is 15.3. The van der Waals surface area contributed by atoms with E-state index in [0.29, 0.717) is 11.8 Å². The first kappa shape index (κ1) is 36.1. The minimum absolute atomic E-state index is 0.295. The van der Waals surface area contributed by atoms with Crippen molar-refractivity contribution < 1.29 is 0 Å². The number of nitrogens with zero attached hydrogens (tertiary/aromatic N) is 3. The van der Waals surface area contributed by atoms with Gasteiger partial charge in [-0.3, -0.25) is 0 Å². The smallest absolute Gasteiger partial charge is 0.0997 e. The molecule has 0 spiro atoms. The Balaban J connectivity index is 0.000000225. The molecule has 1 fully saturated rings. The van der Waals surface area contributed by atoms with Crippen LogP contribution in [0.15, 0.2) is 59.2 Å². The molecule has 3 heteroatoms. The SMILES string of the molecule is CC(C)CCCC1=CCC(C#N)CC1.CC(C)CCCC1=CCCC(C#N)C1.N#CC(=C1CCCCC1)c1ccccc1. The number of nitriles is 3. The monoisotopic (exact) mass is 579 g/mol. The van der Waals surface area contributed by atoms with Gasteiger partial charge in [-0.25, -0.2) is 0 Å². The van der Waals surface area contributed by atoms with Gasteiger partial charge >= 0.3 is 0 Å². The fourth-order valence-corrected chi connectivity index (χ4v) is 6.19. The zero-order chi connectivity index (χ0) is 31.3. The molecule has 0 amide bonds. The summed E-state index contributed by atoms with van der Waals surface area (Å²) in [4.78, 5) is 0. The fraction of sp³-hybridized carbons (Fsp3) is 0.625. The third-order valence-corrected chi connectivity index (χ3v) is 8.87. The Kier molecular flexibility index (Phi) is 18.1. The second-order valence-corrected chi connectivity index (χ2v) is 13.5. The normalized spacial score (nSPS) is 19.7. The highest BCUT2D eigenvalue weighted by atomic mass is 14.3. The second kappa shape index (κ2) is 21.6. The lowest BCUT2D eigenvalue weighted by Gasteiger charge is -2.17. The molecule has 2 unspecified atom stereocenters. The average molecular weight is 580 g/mol. The Morgan fingerprint density at radius 2 is 1.37 bits per heavy atom. The summed E-state index contributed by atoms with van der Waals surface area (Å²) in [5.74, 6) is 2.23. The lowest BCUT2D eigenvalue weighted by atomic mass is 9.87. The molecule has 1 saturated carbocycles. The second-order valence-electron chi connectivity index (χ2n) is 13.5. The predicted molar refractivity (Wildman–Crippen MR) is 182 cm³/mol. The van der Waals surface area contributed by atoms with Crippen molar-refractivity contribution in [1.82, 2.24) is 0 Å². The van der Waals surface area contributed by atoms with Gasteiger partial charge in [-0.15, -0.1) is 0 Å². The number of allylic oxidation sites excluding steroid dienone is 6. The molecule has 0 bridgehead atoms. The van der Waals surface area contributed by atoms with E-state index in [1.165, 1.54) is 68.9 Å². The van der Waals surface area contributed by atoms with Gasteiger partial charge in [0, 0.05) is 0 Å². The van der Waals surface area contributed by atoms with Crippen LogP contribution >= 0.6 is 0 Å². The van der Waals surface area contributed by atoms with Crippen LogP contribution in [0.3, 0.4) is 0 Å². The topological polar surface area (TPSA) is 71.4 Å². The van der Waals surface area contributed by atoms with Crippen LogP contribution in [0.25, 0.3) is 5.57 Å². The van der Waals surface area contributed by atoms with Crippen molar-refractivity contribution in [3.8, 4) is 18.2 Å². The molecule has 0 saturated heterocycles. The molecule has 3 aliphatic carbocycles. The van der Waals surface area contributed by atoms with Gasteiger partial charge in [-0.1, -0.05) is 106 Å². The quantitative estimate of drug-likeness (QED) is 0.216. The van der Waals surface area contributed by atoms with Crippen molar-refractivity contribution in [3.05, 3.63) is 64.8 Å². The van der Waals surface area contributed by atoms with E-state index in [0.717, 1.165) is 74.3 Å². The van der Waals surface area contributed by atoms with Crippen LogP contribution in [-0.2, 0) is 0 Å². The molecule has 232 valence electrons.